The first-order valence-electron chi connectivity index (χ1n) is 6.00. The van der Waals surface area contributed by atoms with Crippen LogP contribution in [0.4, 0.5) is 5.69 Å². The number of rotatable bonds is 6. The molecular formula is C13H16N2O5. The van der Waals surface area contributed by atoms with Crippen LogP contribution in [0.3, 0.4) is 0 Å². The first-order valence-corrected chi connectivity index (χ1v) is 6.00. The summed E-state index contributed by atoms with van der Waals surface area (Å²) in [4.78, 5) is 32.5. The summed E-state index contributed by atoms with van der Waals surface area (Å²) >= 11 is 0. The van der Waals surface area contributed by atoms with Crippen LogP contribution in [0.15, 0.2) is 24.3 Å². The van der Waals surface area contributed by atoms with Crippen LogP contribution in [0, 0.1) is 10.1 Å². The molecule has 1 aromatic carbocycles. The Morgan fingerprint density at radius 1 is 1.30 bits per heavy atom. The maximum absolute atomic E-state index is 12.0. The summed E-state index contributed by atoms with van der Waals surface area (Å²) in [5, 5.41) is 21.8. The molecule has 0 aliphatic rings. The smallest absolute Gasteiger partial charge is 0.303 e. The van der Waals surface area contributed by atoms with E-state index in [1.807, 2.05) is 0 Å². The lowest BCUT2D eigenvalue weighted by atomic mass is 9.97. The predicted octanol–water partition coefficient (Wildman–Crippen LogP) is 1.97. The molecule has 0 heterocycles. The Morgan fingerprint density at radius 2 is 1.85 bits per heavy atom. The Balaban J connectivity index is 2.70. The fraction of sp³-hybridized carbons (Fsp3) is 0.385. The number of carboxylic acid groups (broad SMARTS) is 1. The fourth-order valence-corrected chi connectivity index (χ4v) is 1.60. The van der Waals surface area contributed by atoms with Crippen molar-refractivity contribution in [2.24, 2.45) is 0 Å². The fourth-order valence-electron chi connectivity index (χ4n) is 1.60. The van der Waals surface area contributed by atoms with Crippen LogP contribution < -0.4 is 5.32 Å². The zero-order valence-corrected chi connectivity index (χ0v) is 11.3. The highest BCUT2D eigenvalue weighted by Crippen LogP contribution is 2.15. The van der Waals surface area contributed by atoms with Crippen molar-refractivity contribution in [3.05, 3.63) is 39.9 Å². The second kappa shape index (κ2) is 6.14. The Kier molecular flexibility index (Phi) is 4.79. The average molecular weight is 280 g/mol. The minimum absolute atomic E-state index is 0.0481. The van der Waals surface area contributed by atoms with Crippen molar-refractivity contribution in [3.8, 4) is 0 Å². The molecule has 20 heavy (non-hydrogen) atoms. The molecule has 108 valence electrons. The lowest BCUT2D eigenvalue weighted by Crippen LogP contribution is -2.43. The molecule has 0 aromatic heterocycles. The summed E-state index contributed by atoms with van der Waals surface area (Å²) < 4.78 is 0. The summed E-state index contributed by atoms with van der Waals surface area (Å²) in [6.45, 7) is 3.44. The molecule has 0 radical (unpaired) electrons. The topological polar surface area (TPSA) is 110 Å². The SMILES string of the molecule is CC(C)(CCC(=O)O)NC(=O)c1ccc([N+](=O)[O-])cc1. The molecule has 0 atom stereocenters. The number of carbonyl (C=O) groups excluding carboxylic acids is 1. The van der Waals surface area contributed by atoms with Crippen molar-refractivity contribution in [2.45, 2.75) is 32.2 Å². The van der Waals surface area contributed by atoms with Crippen LogP contribution in [-0.2, 0) is 4.79 Å². The minimum atomic E-state index is -0.928. The third-order valence-electron chi connectivity index (χ3n) is 2.76. The number of non-ortho nitro benzene ring substituents is 1. The van der Waals surface area contributed by atoms with Crippen molar-refractivity contribution in [1.82, 2.24) is 5.32 Å². The largest absolute Gasteiger partial charge is 0.481 e. The lowest BCUT2D eigenvalue weighted by molar-refractivity contribution is -0.384. The van der Waals surface area contributed by atoms with Gasteiger partial charge in [0.25, 0.3) is 11.6 Å². The third kappa shape index (κ3) is 4.68. The van der Waals surface area contributed by atoms with Crippen LogP contribution >= 0.6 is 0 Å². The predicted molar refractivity (Wildman–Crippen MR) is 71.5 cm³/mol. The van der Waals surface area contributed by atoms with Gasteiger partial charge in [0.15, 0.2) is 0 Å². The van der Waals surface area contributed by atoms with Crippen molar-refractivity contribution in [2.75, 3.05) is 0 Å². The first kappa shape index (κ1) is 15.6. The number of carbonyl (C=O) groups is 2. The van der Waals surface area contributed by atoms with Crippen LogP contribution in [0.5, 0.6) is 0 Å². The zero-order chi connectivity index (χ0) is 15.3. The first-order chi connectivity index (χ1) is 9.21. The van der Waals surface area contributed by atoms with E-state index in [4.69, 9.17) is 5.11 Å². The monoisotopic (exact) mass is 280 g/mol. The number of carboxylic acids is 1. The molecule has 0 unspecified atom stereocenters. The van der Waals surface area contributed by atoms with E-state index >= 15 is 0 Å². The van der Waals surface area contributed by atoms with Gasteiger partial charge in [-0.25, -0.2) is 0 Å². The molecule has 0 spiro atoms. The third-order valence-corrected chi connectivity index (χ3v) is 2.76. The number of nitro groups is 1. The molecule has 0 saturated carbocycles. The quantitative estimate of drug-likeness (QED) is 0.611. The lowest BCUT2D eigenvalue weighted by Gasteiger charge is -2.25. The number of benzene rings is 1. The molecule has 7 nitrogen and oxygen atoms in total. The van der Waals surface area contributed by atoms with E-state index in [1.165, 1.54) is 24.3 Å². The van der Waals surface area contributed by atoms with Gasteiger partial charge in [-0.15, -0.1) is 0 Å². The average Bonchev–Trinajstić information content (AvgIpc) is 2.36. The summed E-state index contributed by atoms with van der Waals surface area (Å²) in [6, 6.07) is 5.22. The van der Waals surface area contributed by atoms with E-state index < -0.39 is 22.3 Å². The molecule has 2 N–H and O–H groups in total. The number of nitrogens with one attached hydrogen (secondary N) is 1. The Labute approximate surface area is 115 Å². The molecule has 0 fully saturated rings. The van der Waals surface area contributed by atoms with Gasteiger partial charge in [-0.1, -0.05) is 0 Å². The molecule has 1 amide bonds. The highest BCUT2D eigenvalue weighted by molar-refractivity contribution is 5.94. The number of nitro benzene ring substituents is 1. The minimum Gasteiger partial charge on any atom is -0.481 e. The van der Waals surface area contributed by atoms with E-state index in [2.05, 4.69) is 5.32 Å². The highest BCUT2D eigenvalue weighted by atomic mass is 16.6. The van der Waals surface area contributed by atoms with Crippen molar-refractivity contribution < 1.29 is 19.6 Å². The number of aliphatic carboxylic acids is 1. The van der Waals surface area contributed by atoms with Gasteiger partial charge >= 0.3 is 5.97 Å². The van der Waals surface area contributed by atoms with Gasteiger partial charge in [0, 0.05) is 29.7 Å². The Morgan fingerprint density at radius 3 is 2.30 bits per heavy atom. The van der Waals surface area contributed by atoms with E-state index in [0.29, 0.717) is 12.0 Å². The van der Waals surface area contributed by atoms with E-state index in [0.717, 1.165) is 0 Å². The van der Waals surface area contributed by atoms with Gasteiger partial charge in [0.05, 0.1) is 4.92 Å². The number of nitrogens with zero attached hydrogens (tertiary/aromatic N) is 1. The zero-order valence-electron chi connectivity index (χ0n) is 11.3. The van der Waals surface area contributed by atoms with Crippen molar-refractivity contribution in [1.29, 1.82) is 0 Å². The van der Waals surface area contributed by atoms with E-state index in [9.17, 15) is 19.7 Å². The molecular weight excluding hydrogens is 264 g/mol. The van der Waals surface area contributed by atoms with Crippen LogP contribution in [-0.4, -0.2) is 27.4 Å². The molecule has 7 heteroatoms. The number of hydrogen-bond acceptors (Lipinski definition) is 4. The van der Waals surface area contributed by atoms with Gasteiger partial charge < -0.3 is 10.4 Å². The Bertz CT molecular complexity index is 522. The Hall–Kier alpha value is -2.44. The molecule has 1 aromatic rings. The summed E-state index contributed by atoms with van der Waals surface area (Å²) in [5.74, 6) is -1.32. The second-order valence-corrected chi connectivity index (χ2v) is 5.04. The maximum Gasteiger partial charge on any atom is 0.303 e. The molecule has 0 bridgehead atoms. The molecule has 1 rings (SSSR count). The van der Waals surface area contributed by atoms with E-state index in [-0.39, 0.29) is 12.1 Å². The normalized spacial score (nSPS) is 10.9. The molecule has 0 aliphatic heterocycles. The van der Waals surface area contributed by atoms with E-state index in [1.54, 1.807) is 13.8 Å². The second-order valence-electron chi connectivity index (χ2n) is 5.04. The van der Waals surface area contributed by atoms with Gasteiger partial charge in [-0.05, 0) is 32.4 Å². The van der Waals surface area contributed by atoms with Crippen molar-refractivity contribution in [3.63, 3.8) is 0 Å². The standard InChI is InChI=1S/C13H16N2O5/c1-13(2,8-7-11(16)17)14-12(18)9-3-5-10(6-4-9)15(19)20/h3-6H,7-8H2,1-2H3,(H,14,18)(H,16,17). The van der Waals surface area contributed by atoms with Gasteiger partial charge in [-0.2, -0.15) is 0 Å². The van der Waals surface area contributed by atoms with Crippen LogP contribution in [0.25, 0.3) is 0 Å². The van der Waals surface area contributed by atoms with Crippen molar-refractivity contribution >= 4 is 17.6 Å². The van der Waals surface area contributed by atoms with Crippen LogP contribution in [0.2, 0.25) is 0 Å². The maximum atomic E-state index is 12.0. The highest BCUT2D eigenvalue weighted by Gasteiger charge is 2.22. The van der Waals surface area contributed by atoms with Crippen LogP contribution in [0.1, 0.15) is 37.0 Å². The summed E-state index contributed by atoms with van der Waals surface area (Å²) in [7, 11) is 0. The number of hydrogen-bond donors (Lipinski definition) is 2. The molecule has 0 saturated heterocycles. The van der Waals surface area contributed by atoms with Gasteiger partial charge in [-0.3, -0.25) is 19.7 Å². The molecule has 0 aliphatic carbocycles. The summed E-state index contributed by atoms with van der Waals surface area (Å²) in [6.07, 6.45) is 0.245. The number of amides is 1. The van der Waals surface area contributed by atoms with Gasteiger partial charge in [0.2, 0.25) is 0 Å². The summed E-state index contributed by atoms with van der Waals surface area (Å²) in [5.41, 5.74) is -0.470. The van der Waals surface area contributed by atoms with Gasteiger partial charge in [0.1, 0.15) is 0 Å².